The van der Waals surface area contributed by atoms with E-state index in [1.54, 1.807) is 19.2 Å². The number of alkyl halides is 1. The summed E-state index contributed by atoms with van der Waals surface area (Å²) >= 11 is 9.02. The van der Waals surface area contributed by atoms with Crippen LogP contribution >= 0.6 is 27.5 Å². The lowest BCUT2D eigenvalue weighted by Gasteiger charge is -2.17. The van der Waals surface area contributed by atoms with Crippen LogP contribution in [0.4, 0.5) is 0 Å². The lowest BCUT2D eigenvalue weighted by molar-refractivity contribution is 0.464. The van der Waals surface area contributed by atoms with Gasteiger partial charge in [0.2, 0.25) is 10.0 Å². The second-order valence-electron chi connectivity index (χ2n) is 4.15. The van der Waals surface area contributed by atoms with Gasteiger partial charge in [-0.2, -0.15) is 4.31 Å². The molecule has 0 atom stereocenters. The van der Waals surface area contributed by atoms with E-state index in [4.69, 9.17) is 11.6 Å². The normalized spacial score (nSPS) is 16.5. The molecule has 1 aliphatic rings. The Morgan fingerprint density at radius 3 is 2.65 bits per heavy atom. The summed E-state index contributed by atoms with van der Waals surface area (Å²) in [5.41, 5.74) is 0.803. The van der Waals surface area contributed by atoms with E-state index in [1.165, 1.54) is 4.31 Å². The first-order valence-corrected chi connectivity index (χ1v) is 8.06. The van der Waals surface area contributed by atoms with Crippen molar-refractivity contribution < 1.29 is 8.42 Å². The van der Waals surface area contributed by atoms with Crippen molar-refractivity contribution in [3.63, 3.8) is 0 Å². The van der Waals surface area contributed by atoms with Crippen molar-refractivity contribution >= 4 is 37.6 Å². The van der Waals surface area contributed by atoms with Crippen molar-refractivity contribution in [3.8, 4) is 0 Å². The molecule has 6 heteroatoms. The molecular formula is C11H13BrClNO2S. The number of benzene rings is 1. The fourth-order valence-electron chi connectivity index (χ4n) is 1.62. The second kappa shape index (κ2) is 4.88. The van der Waals surface area contributed by atoms with Crippen molar-refractivity contribution in [3.05, 3.63) is 28.2 Å². The van der Waals surface area contributed by atoms with Crippen LogP contribution in [0.15, 0.2) is 27.6 Å². The Balaban J connectivity index is 2.44. The van der Waals surface area contributed by atoms with Gasteiger partial charge in [0.05, 0.1) is 4.90 Å². The molecule has 0 aliphatic heterocycles. The highest BCUT2D eigenvalue weighted by atomic mass is 79.9. The van der Waals surface area contributed by atoms with E-state index >= 15 is 0 Å². The molecule has 1 aromatic rings. The zero-order valence-electron chi connectivity index (χ0n) is 9.36. The first-order chi connectivity index (χ1) is 7.96. The van der Waals surface area contributed by atoms with Crippen molar-refractivity contribution in [2.75, 3.05) is 7.05 Å². The van der Waals surface area contributed by atoms with Crippen LogP contribution in [0.5, 0.6) is 0 Å². The third-order valence-corrected chi connectivity index (χ3v) is 6.08. The number of nitrogens with zero attached hydrogens (tertiary/aromatic N) is 1. The summed E-state index contributed by atoms with van der Waals surface area (Å²) in [6.07, 6.45) is 1.89. The zero-order chi connectivity index (χ0) is 12.6. The average Bonchev–Trinajstić information content (AvgIpc) is 3.12. The molecule has 0 aromatic heterocycles. The maximum Gasteiger partial charge on any atom is 0.244 e. The zero-order valence-corrected chi connectivity index (χ0v) is 12.5. The molecule has 0 radical (unpaired) electrons. The van der Waals surface area contributed by atoms with Crippen LogP contribution in [0, 0.1) is 0 Å². The first kappa shape index (κ1) is 13.3. The van der Waals surface area contributed by atoms with Crippen molar-refractivity contribution in [2.45, 2.75) is 29.7 Å². The number of hydrogen-bond acceptors (Lipinski definition) is 2. The topological polar surface area (TPSA) is 37.4 Å². The number of sulfonamides is 1. The Kier molecular flexibility index (Phi) is 3.83. The molecule has 1 aromatic carbocycles. The van der Waals surface area contributed by atoms with Crippen LogP contribution < -0.4 is 0 Å². The quantitative estimate of drug-likeness (QED) is 0.792. The van der Waals surface area contributed by atoms with Gasteiger partial charge in [-0.05, 0) is 46.5 Å². The van der Waals surface area contributed by atoms with Crippen LogP contribution in [-0.2, 0) is 15.9 Å². The van der Waals surface area contributed by atoms with Gasteiger partial charge in [-0.15, -0.1) is 11.6 Å². The molecule has 0 amide bonds. The largest absolute Gasteiger partial charge is 0.244 e. The summed E-state index contributed by atoms with van der Waals surface area (Å²) in [6, 6.07) is 5.33. The highest BCUT2D eigenvalue weighted by Crippen LogP contribution is 2.33. The van der Waals surface area contributed by atoms with E-state index in [0.29, 0.717) is 15.2 Å². The van der Waals surface area contributed by atoms with Gasteiger partial charge in [0.15, 0.2) is 0 Å². The fourth-order valence-corrected chi connectivity index (χ4v) is 4.17. The van der Waals surface area contributed by atoms with Crippen LogP contribution in [0.2, 0.25) is 0 Å². The highest BCUT2D eigenvalue weighted by molar-refractivity contribution is 9.10. The maximum absolute atomic E-state index is 12.4. The summed E-state index contributed by atoms with van der Waals surface area (Å²) in [5, 5.41) is 0. The summed E-state index contributed by atoms with van der Waals surface area (Å²) in [6.45, 7) is 0. The third-order valence-electron chi connectivity index (χ3n) is 2.87. The molecule has 17 heavy (non-hydrogen) atoms. The molecule has 0 saturated heterocycles. The van der Waals surface area contributed by atoms with Gasteiger partial charge < -0.3 is 0 Å². The Labute approximate surface area is 115 Å². The molecule has 1 aliphatic carbocycles. The second-order valence-corrected chi connectivity index (χ2v) is 7.24. The van der Waals surface area contributed by atoms with Gasteiger partial charge in [0.25, 0.3) is 0 Å². The Hall–Kier alpha value is -0.100. The van der Waals surface area contributed by atoms with Crippen LogP contribution in [-0.4, -0.2) is 25.8 Å². The Bertz CT molecular complexity index is 528. The number of halogens is 2. The molecule has 0 spiro atoms. The smallest absolute Gasteiger partial charge is 0.207 e. The average molecular weight is 339 g/mol. The summed E-state index contributed by atoms with van der Waals surface area (Å²) in [7, 11) is -1.78. The molecular weight excluding hydrogens is 326 g/mol. The minimum absolute atomic E-state index is 0.159. The lowest BCUT2D eigenvalue weighted by atomic mass is 10.2. The van der Waals surface area contributed by atoms with Gasteiger partial charge in [-0.3, -0.25) is 0 Å². The highest BCUT2D eigenvalue weighted by Gasteiger charge is 2.35. The fraction of sp³-hybridized carbons (Fsp3) is 0.455. The third kappa shape index (κ3) is 2.67. The first-order valence-electron chi connectivity index (χ1n) is 5.29. The van der Waals surface area contributed by atoms with E-state index in [2.05, 4.69) is 15.9 Å². The van der Waals surface area contributed by atoms with Gasteiger partial charge in [-0.25, -0.2) is 8.42 Å². The van der Waals surface area contributed by atoms with Crippen molar-refractivity contribution in [1.29, 1.82) is 0 Å². The SMILES string of the molecule is CN(C1CC1)S(=O)(=O)c1cc(CCl)ccc1Br. The molecule has 94 valence electrons. The van der Waals surface area contributed by atoms with E-state index in [1.807, 2.05) is 6.07 Å². The van der Waals surface area contributed by atoms with Crippen LogP contribution in [0.25, 0.3) is 0 Å². The monoisotopic (exact) mass is 337 g/mol. The molecule has 0 N–H and O–H groups in total. The summed E-state index contributed by atoms with van der Waals surface area (Å²) in [4.78, 5) is 0.296. The molecule has 2 rings (SSSR count). The molecule has 0 bridgehead atoms. The predicted molar refractivity (Wildman–Crippen MR) is 71.7 cm³/mol. The van der Waals surface area contributed by atoms with Gasteiger partial charge in [0, 0.05) is 23.4 Å². The van der Waals surface area contributed by atoms with Gasteiger partial charge >= 0.3 is 0 Å². The Morgan fingerprint density at radius 1 is 1.47 bits per heavy atom. The molecule has 1 saturated carbocycles. The van der Waals surface area contributed by atoms with Crippen molar-refractivity contribution in [1.82, 2.24) is 4.31 Å². The van der Waals surface area contributed by atoms with E-state index in [9.17, 15) is 8.42 Å². The van der Waals surface area contributed by atoms with Gasteiger partial charge in [0.1, 0.15) is 0 Å². The lowest BCUT2D eigenvalue weighted by Crippen LogP contribution is -2.29. The molecule has 0 heterocycles. The molecule has 3 nitrogen and oxygen atoms in total. The van der Waals surface area contributed by atoms with Crippen LogP contribution in [0.3, 0.4) is 0 Å². The standard InChI is InChI=1S/C11H13BrClNO2S/c1-14(9-3-4-9)17(15,16)11-6-8(7-13)2-5-10(11)12/h2,5-6,9H,3-4,7H2,1H3. The van der Waals surface area contributed by atoms with Gasteiger partial charge in [-0.1, -0.05) is 6.07 Å². The minimum Gasteiger partial charge on any atom is -0.207 e. The van der Waals surface area contributed by atoms with E-state index in [0.717, 1.165) is 18.4 Å². The minimum atomic E-state index is -3.41. The maximum atomic E-state index is 12.4. The number of hydrogen-bond donors (Lipinski definition) is 0. The Morgan fingerprint density at radius 2 is 2.12 bits per heavy atom. The summed E-state index contributed by atoms with van der Waals surface area (Å²) in [5.74, 6) is 0.308. The summed E-state index contributed by atoms with van der Waals surface area (Å²) < 4.78 is 26.7. The number of rotatable bonds is 4. The van der Waals surface area contributed by atoms with Crippen LogP contribution in [0.1, 0.15) is 18.4 Å². The predicted octanol–water partition coefficient (Wildman–Crippen LogP) is 2.97. The molecule has 0 unspecified atom stereocenters. The molecule has 1 fully saturated rings. The van der Waals surface area contributed by atoms with Crippen molar-refractivity contribution in [2.24, 2.45) is 0 Å². The van der Waals surface area contributed by atoms with E-state index < -0.39 is 10.0 Å². The van der Waals surface area contributed by atoms with E-state index in [-0.39, 0.29) is 6.04 Å².